The van der Waals surface area contributed by atoms with Crippen molar-refractivity contribution in [2.24, 2.45) is 0 Å². The summed E-state index contributed by atoms with van der Waals surface area (Å²) in [5.41, 5.74) is 1.35. The molecule has 0 aliphatic rings. The van der Waals surface area contributed by atoms with Gasteiger partial charge in [-0.2, -0.15) is 0 Å². The number of hydrogen-bond donors (Lipinski definition) is 1. The molecule has 0 spiro atoms. The number of unbranched alkanes of at least 4 members (excludes halogenated alkanes) is 1. The summed E-state index contributed by atoms with van der Waals surface area (Å²) in [6.07, 6.45) is 8.25. The van der Waals surface area contributed by atoms with Crippen LogP contribution in [0, 0.1) is 0 Å². The van der Waals surface area contributed by atoms with Gasteiger partial charge < -0.3 is 9.88 Å². The zero-order valence-corrected chi connectivity index (χ0v) is 15.7. The molecule has 3 rings (SSSR count). The third-order valence-corrected chi connectivity index (χ3v) is 4.39. The van der Waals surface area contributed by atoms with E-state index >= 15 is 0 Å². The summed E-state index contributed by atoms with van der Waals surface area (Å²) in [5, 5.41) is 4.35. The lowest BCUT2D eigenvalue weighted by atomic mass is 10.1. The third kappa shape index (κ3) is 4.39. The summed E-state index contributed by atoms with van der Waals surface area (Å²) >= 11 is 0. The fourth-order valence-electron chi connectivity index (χ4n) is 2.94. The van der Waals surface area contributed by atoms with E-state index < -0.39 is 0 Å². The first-order valence-electron chi connectivity index (χ1n) is 9.38. The molecule has 0 atom stereocenters. The van der Waals surface area contributed by atoms with Gasteiger partial charge in [-0.15, -0.1) is 0 Å². The molecule has 0 radical (unpaired) electrons. The molecule has 1 N–H and O–H groups in total. The van der Waals surface area contributed by atoms with Crippen molar-refractivity contribution >= 4 is 22.4 Å². The van der Waals surface area contributed by atoms with Crippen LogP contribution in [0.5, 0.6) is 0 Å². The Balaban J connectivity index is 1.85. The molecule has 0 saturated heterocycles. The Morgan fingerprint density at radius 2 is 1.89 bits per heavy atom. The van der Waals surface area contributed by atoms with Crippen LogP contribution >= 0.6 is 0 Å². The van der Waals surface area contributed by atoms with E-state index in [2.05, 4.69) is 15.3 Å². The predicted molar refractivity (Wildman–Crippen MR) is 108 cm³/mol. The molecule has 0 unspecified atom stereocenters. The van der Waals surface area contributed by atoms with Crippen molar-refractivity contribution in [2.45, 2.75) is 46.1 Å². The van der Waals surface area contributed by atoms with E-state index in [9.17, 15) is 9.59 Å². The molecule has 0 bridgehead atoms. The smallest absolute Gasteiger partial charge is 0.258 e. The maximum absolute atomic E-state index is 12.6. The van der Waals surface area contributed by atoms with Crippen LogP contribution in [0.1, 0.15) is 39.5 Å². The number of benzene rings is 1. The molecule has 140 valence electrons. The van der Waals surface area contributed by atoms with Crippen molar-refractivity contribution in [3.63, 3.8) is 0 Å². The Morgan fingerprint density at radius 1 is 1.11 bits per heavy atom. The summed E-state index contributed by atoms with van der Waals surface area (Å²) in [4.78, 5) is 33.1. The highest BCUT2D eigenvalue weighted by Gasteiger charge is 2.08. The monoisotopic (exact) mass is 364 g/mol. The quantitative estimate of drug-likeness (QED) is 0.687. The number of fused-ring (bicyclic) bond motifs is 1. The third-order valence-electron chi connectivity index (χ3n) is 4.39. The van der Waals surface area contributed by atoms with E-state index in [0.29, 0.717) is 29.9 Å². The van der Waals surface area contributed by atoms with Crippen LogP contribution in [0.25, 0.3) is 22.2 Å². The number of amides is 1. The van der Waals surface area contributed by atoms with E-state index in [-0.39, 0.29) is 11.5 Å². The van der Waals surface area contributed by atoms with Crippen molar-refractivity contribution in [3.8, 4) is 11.4 Å². The summed E-state index contributed by atoms with van der Waals surface area (Å²) in [5.74, 6) is 0.490. The molecule has 1 amide bonds. The Hall–Kier alpha value is -3.02. The van der Waals surface area contributed by atoms with Crippen molar-refractivity contribution in [3.05, 3.63) is 53.2 Å². The minimum Gasteiger partial charge on any atom is -0.323 e. The highest BCUT2D eigenvalue weighted by molar-refractivity contribution is 5.90. The van der Waals surface area contributed by atoms with E-state index in [4.69, 9.17) is 0 Å². The van der Waals surface area contributed by atoms with E-state index in [1.54, 1.807) is 17.0 Å². The summed E-state index contributed by atoms with van der Waals surface area (Å²) in [6.45, 7) is 4.79. The highest BCUT2D eigenvalue weighted by atomic mass is 16.1. The van der Waals surface area contributed by atoms with Gasteiger partial charge in [0.1, 0.15) is 0 Å². The van der Waals surface area contributed by atoms with Crippen molar-refractivity contribution in [1.82, 2.24) is 14.5 Å². The molecule has 3 aromatic rings. The standard InChI is InChI=1S/C21H24N4O2/c1-3-5-6-19(26)24-17-13-22-20(23-14-17)16-8-7-15-9-11-25(10-4-2)21(27)18(15)12-16/h7-9,11-14H,3-6,10H2,1-2H3,(H,24,26). The molecule has 0 saturated carbocycles. The first-order valence-corrected chi connectivity index (χ1v) is 9.38. The number of rotatable bonds is 7. The highest BCUT2D eigenvalue weighted by Crippen LogP contribution is 2.20. The van der Waals surface area contributed by atoms with E-state index in [1.165, 1.54) is 0 Å². The van der Waals surface area contributed by atoms with Crippen LogP contribution in [0.4, 0.5) is 5.69 Å². The number of anilines is 1. The summed E-state index contributed by atoms with van der Waals surface area (Å²) in [7, 11) is 0. The molecule has 6 nitrogen and oxygen atoms in total. The number of nitrogens with zero attached hydrogens (tertiary/aromatic N) is 3. The number of aromatic nitrogens is 3. The lowest BCUT2D eigenvalue weighted by Gasteiger charge is -2.08. The SMILES string of the molecule is CCCCC(=O)Nc1cnc(-c2ccc3ccn(CCC)c(=O)c3c2)nc1. The van der Waals surface area contributed by atoms with Crippen LogP contribution in [0.15, 0.2) is 47.7 Å². The lowest BCUT2D eigenvalue weighted by Crippen LogP contribution is -2.19. The Kier molecular flexibility index (Phi) is 5.96. The van der Waals surface area contributed by atoms with Gasteiger partial charge in [-0.3, -0.25) is 9.59 Å². The van der Waals surface area contributed by atoms with Crippen LogP contribution in [0.3, 0.4) is 0 Å². The molecule has 0 aliphatic carbocycles. The topological polar surface area (TPSA) is 76.9 Å². The molecule has 27 heavy (non-hydrogen) atoms. The van der Waals surface area contributed by atoms with Gasteiger partial charge in [0.2, 0.25) is 5.91 Å². The maximum atomic E-state index is 12.6. The van der Waals surface area contributed by atoms with E-state index in [0.717, 1.165) is 30.2 Å². The van der Waals surface area contributed by atoms with Gasteiger partial charge in [-0.25, -0.2) is 9.97 Å². The second kappa shape index (κ2) is 8.58. The molecule has 0 fully saturated rings. The molecule has 0 aliphatic heterocycles. The van der Waals surface area contributed by atoms with Gasteiger partial charge in [-0.05, 0) is 30.4 Å². The van der Waals surface area contributed by atoms with Gasteiger partial charge in [-0.1, -0.05) is 32.4 Å². The normalized spacial score (nSPS) is 10.9. The summed E-state index contributed by atoms with van der Waals surface area (Å²) in [6, 6.07) is 7.59. The number of carbonyl (C=O) groups excluding carboxylic acids is 1. The maximum Gasteiger partial charge on any atom is 0.258 e. The van der Waals surface area contributed by atoms with Crippen LogP contribution in [0.2, 0.25) is 0 Å². The molecule has 6 heteroatoms. The average molecular weight is 364 g/mol. The minimum atomic E-state index is -0.0321. The number of nitrogens with one attached hydrogen (secondary N) is 1. The van der Waals surface area contributed by atoms with Gasteiger partial charge >= 0.3 is 0 Å². The zero-order chi connectivity index (χ0) is 19.2. The molecular weight excluding hydrogens is 340 g/mol. The number of hydrogen-bond acceptors (Lipinski definition) is 4. The summed E-state index contributed by atoms with van der Waals surface area (Å²) < 4.78 is 1.72. The van der Waals surface area contributed by atoms with E-state index in [1.807, 2.05) is 44.3 Å². The predicted octanol–water partition coefficient (Wildman–Crippen LogP) is 4.00. The molecule has 1 aromatic carbocycles. The second-order valence-corrected chi connectivity index (χ2v) is 6.56. The van der Waals surface area contributed by atoms with Crippen molar-refractivity contribution in [2.75, 3.05) is 5.32 Å². The first kappa shape index (κ1) is 18.8. The fourth-order valence-corrected chi connectivity index (χ4v) is 2.94. The number of pyridine rings is 1. The number of carbonyl (C=O) groups is 1. The molecule has 2 heterocycles. The fraction of sp³-hybridized carbons (Fsp3) is 0.333. The molecule has 2 aromatic heterocycles. The minimum absolute atomic E-state index is 0.00370. The zero-order valence-electron chi connectivity index (χ0n) is 15.7. The van der Waals surface area contributed by atoms with Crippen molar-refractivity contribution < 1.29 is 4.79 Å². The Morgan fingerprint density at radius 3 is 2.59 bits per heavy atom. The largest absolute Gasteiger partial charge is 0.323 e. The first-order chi connectivity index (χ1) is 13.1. The van der Waals surface area contributed by atoms with Gasteiger partial charge in [0.25, 0.3) is 5.56 Å². The number of aryl methyl sites for hydroxylation is 1. The van der Waals surface area contributed by atoms with Crippen LogP contribution < -0.4 is 10.9 Å². The van der Waals surface area contributed by atoms with Crippen LogP contribution in [-0.2, 0) is 11.3 Å². The van der Waals surface area contributed by atoms with Crippen LogP contribution in [-0.4, -0.2) is 20.4 Å². The Bertz CT molecular complexity index is 993. The van der Waals surface area contributed by atoms with Gasteiger partial charge in [0.05, 0.1) is 18.1 Å². The second-order valence-electron chi connectivity index (χ2n) is 6.56. The van der Waals surface area contributed by atoms with Crippen molar-refractivity contribution in [1.29, 1.82) is 0 Å². The van der Waals surface area contributed by atoms with Gasteiger partial charge in [0.15, 0.2) is 5.82 Å². The molecular formula is C21H24N4O2. The average Bonchev–Trinajstić information content (AvgIpc) is 2.69. The van der Waals surface area contributed by atoms with Gasteiger partial charge in [0, 0.05) is 30.1 Å². The lowest BCUT2D eigenvalue weighted by molar-refractivity contribution is -0.116. The Labute approximate surface area is 158 Å².